The molecule has 0 radical (unpaired) electrons. The summed E-state index contributed by atoms with van der Waals surface area (Å²) < 4.78 is 42.4. The quantitative estimate of drug-likeness (QED) is 0.279. The van der Waals surface area contributed by atoms with Crippen molar-refractivity contribution in [2.45, 2.75) is 58.0 Å². The van der Waals surface area contributed by atoms with Gasteiger partial charge in [0.25, 0.3) is 10.0 Å². The van der Waals surface area contributed by atoms with E-state index in [0.29, 0.717) is 28.4 Å². The zero-order chi connectivity index (χ0) is 29.4. The molecule has 7 nitrogen and oxygen atoms in total. The number of unbranched alkanes of at least 4 members (excludes halogenated alkanes) is 1. The fourth-order valence-corrected chi connectivity index (χ4v) is 5.86. The Bertz CT molecular complexity index is 1430. The summed E-state index contributed by atoms with van der Waals surface area (Å²) in [4.78, 5) is 28.3. The van der Waals surface area contributed by atoms with Gasteiger partial charge in [-0.1, -0.05) is 54.8 Å². The number of carbonyl (C=O) groups excluding carboxylic acids is 2. The fourth-order valence-electron chi connectivity index (χ4n) is 4.15. The predicted octanol–water partition coefficient (Wildman–Crippen LogP) is 5.62. The van der Waals surface area contributed by atoms with Crippen molar-refractivity contribution in [3.05, 3.63) is 94.3 Å². The number of hydrogen-bond donors (Lipinski definition) is 1. The lowest BCUT2D eigenvalue weighted by molar-refractivity contribution is -0.139. The third-order valence-corrected chi connectivity index (χ3v) is 8.59. The SMILES string of the molecule is CCCCNC(=O)[C@H](C)N(Cc1ccc(F)cc1)C(=O)CN(c1ccc(Cl)cc1C)S(=O)(=O)c1ccc(C)cc1. The van der Waals surface area contributed by atoms with Gasteiger partial charge in [-0.05, 0) is 80.8 Å². The Morgan fingerprint density at radius 3 is 2.25 bits per heavy atom. The molecule has 0 aliphatic carbocycles. The maximum atomic E-state index is 13.9. The van der Waals surface area contributed by atoms with E-state index in [9.17, 15) is 22.4 Å². The van der Waals surface area contributed by atoms with Gasteiger partial charge in [-0.15, -0.1) is 0 Å². The van der Waals surface area contributed by atoms with Gasteiger partial charge in [0.05, 0.1) is 10.6 Å². The van der Waals surface area contributed by atoms with E-state index < -0.39 is 34.3 Å². The van der Waals surface area contributed by atoms with Gasteiger partial charge < -0.3 is 10.2 Å². The molecule has 3 aromatic carbocycles. The first-order valence-electron chi connectivity index (χ1n) is 13.1. The Morgan fingerprint density at radius 2 is 1.65 bits per heavy atom. The van der Waals surface area contributed by atoms with Crippen LogP contribution in [0.1, 0.15) is 43.4 Å². The highest BCUT2D eigenvalue weighted by Crippen LogP contribution is 2.29. The van der Waals surface area contributed by atoms with Crippen LogP contribution in [0.25, 0.3) is 0 Å². The van der Waals surface area contributed by atoms with Crippen molar-refractivity contribution in [2.75, 3.05) is 17.4 Å². The van der Waals surface area contributed by atoms with Crippen LogP contribution < -0.4 is 9.62 Å². The Kier molecular flexibility index (Phi) is 10.7. The van der Waals surface area contributed by atoms with Gasteiger partial charge in [0.15, 0.2) is 0 Å². The first-order valence-corrected chi connectivity index (χ1v) is 14.9. The van der Waals surface area contributed by atoms with E-state index in [-0.39, 0.29) is 17.3 Å². The van der Waals surface area contributed by atoms with E-state index in [1.54, 1.807) is 44.2 Å². The molecule has 0 bridgehead atoms. The highest BCUT2D eigenvalue weighted by Gasteiger charge is 2.33. The molecule has 1 N–H and O–H groups in total. The van der Waals surface area contributed by atoms with Gasteiger partial charge >= 0.3 is 0 Å². The van der Waals surface area contributed by atoms with Gasteiger partial charge in [-0.3, -0.25) is 13.9 Å². The van der Waals surface area contributed by atoms with Gasteiger partial charge in [0.2, 0.25) is 11.8 Å². The van der Waals surface area contributed by atoms with Crippen molar-refractivity contribution >= 4 is 39.1 Å². The van der Waals surface area contributed by atoms with E-state index >= 15 is 0 Å². The lowest BCUT2D eigenvalue weighted by Gasteiger charge is -2.32. The molecule has 0 spiro atoms. The number of aryl methyl sites for hydroxylation is 2. The summed E-state index contributed by atoms with van der Waals surface area (Å²) >= 11 is 6.14. The van der Waals surface area contributed by atoms with Crippen molar-refractivity contribution in [2.24, 2.45) is 0 Å². The van der Waals surface area contributed by atoms with Crippen LogP contribution in [0.4, 0.5) is 10.1 Å². The predicted molar refractivity (Wildman–Crippen MR) is 156 cm³/mol. The minimum Gasteiger partial charge on any atom is -0.354 e. The molecule has 3 rings (SSSR count). The van der Waals surface area contributed by atoms with E-state index in [2.05, 4.69) is 5.32 Å². The largest absolute Gasteiger partial charge is 0.354 e. The molecular weight excluding hydrogens is 553 g/mol. The van der Waals surface area contributed by atoms with Crippen molar-refractivity contribution in [1.29, 1.82) is 0 Å². The number of amides is 2. The third kappa shape index (κ3) is 7.82. The molecular formula is C30H35ClFN3O4S. The number of sulfonamides is 1. The lowest BCUT2D eigenvalue weighted by Crippen LogP contribution is -2.51. The van der Waals surface area contributed by atoms with E-state index in [4.69, 9.17) is 11.6 Å². The van der Waals surface area contributed by atoms with Crippen LogP contribution in [0.5, 0.6) is 0 Å². The average Bonchev–Trinajstić information content (AvgIpc) is 2.91. The summed E-state index contributed by atoms with van der Waals surface area (Å²) in [5.41, 5.74) is 2.34. The Labute approximate surface area is 241 Å². The Morgan fingerprint density at radius 1 is 1.00 bits per heavy atom. The topological polar surface area (TPSA) is 86.8 Å². The Hall–Kier alpha value is -3.43. The minimum absolute atomic E-state index is 0.0144. The number of halogens is 2. The number of rotatable bonds is 12. The van der Waals surface area contributed by atoms with Crippen molar-refractivity contribution in [3.63, 3.8) is 0 Å². The fraction of sp³-hybridized carbons (Fsp3) is 0.333. The van der Waals surface area contributed by atoms with Crippen LogP contribution in [0.3, 0.4) is 0 Å². The molecule has 0 heterocycles. The molecule has 40 heavy (non-hydrogen) atoms. The molecule has 214 valence electrons. The van der Waals surface area contributed by atoms with E-state index in [0.717, 1.165) is 22.7 Å². The van der Waals surface area contributed by atoms with Crippen LogP contribution in [0.2, 0.25) is 5.02 Å². The summed E-state index contributed by atoms with van der Waals surface area (Å²) in [5, 5.41) is 3.26. The summed E-state index contributed by atoms with van der Waals surface area (Å²) in [6.45, 7) is 7.03. The van der Waals surface area contributed by atoms with Gasteiger partial charge in [0, 0.05) is 18.1 Å². The molecule has 1 atom stereocenters. The molecule has 0 fully saturated rings. The second-order valence-electron chi connectivity index (χ2n) is 9.72. The number of hydrogen-bond acceptors (Lipinski definition) is 4. The van der Waals surface area contributed by atoms with Crippen molar-refractivity contribution in [1.82, 2.24) is 10.2 Å². The van der Waals surface area contributed by atoms with E-state index in [1.807, 2.05) is 13.8 Å². The maximum Gasteiger partial charge on any atom is 0.264 e. The zero-order valence-corrected chi connectivity index (χ0v) is 24.7. The monoisotopic (exact) mass is 587 g/mol. The molecule has 2 amide bonds. The molecule has 0 aliphatic heterocycles. The molecule has 0 aliphatic rings. The normalized spacial score (nSPS) is 12.1. The highest BCUT2D eigenvalue weighted by molar-refractivity contribution is 7.92. The molecule has 10 heteroatoms. The van der Waals surface area contributed by atoms with Crippen LogP contribution in [0.15, 0.2) is 71.6 Å². The van der Waals surface area contributed by atoms with Crippen molar-refractivity contribution < 1.29 is 22.4 Å². The molecule has 0 saturated carbocycles. The maximum absolute atomic E-state index is 13.9. The smallest absolute Gasteiger partial charge is 0.264 e. The highest BCUT2D eigenvalue weighted by atomic mass is 35.5. The van der Waals surface area contributed by atoms with E-state index in [1.165, 1.54) is 41.3 Å². The van der Waals surface area contributed by atoms with Gasteiger partial charge in [-0.25, -0.2) is 12.8 Å². The number of nitrogens with one attached hydrogen (secondary N) is 1. The molecule has 0 saturated heterocycles. The van der Waals surface area contributed by atoms with Gasteiger partial charge in [0.1, 0.15) is 18.4 Å². The summed E-state index contributed by atoms with van der Waals surface area (Å²) in [6, 6.07) is 15.8. The molecule has 0 unspecified atom stereocenters. The second kappa shape index (κ2) is 13.8. The van der Waals surface area contributed by atoms with Crippen LogP contribution in [0, 0.1) is 19.7 Å². The first kappa shape index (κ1) is 31.1. The molecule has 0 aromatic heterocycles. The second-order valence-corrected chi connectivity index (χ2v) is 12.0. The van der Waals surface area contributed by atoms with Crippen molar-refractivity contribution in [3.8, 4) is 0 Å². The van der Waals surface area contributed by atoms with Crippen LogP contribution in [-0.2, 0) is 26.2 Å². The lowest BCUT2D eigenvalue weighted by atomic mass is 10.1. The summed E-state index contributed by atoms with van der Waals surface area (Å²) in [6.07, 6.45) is 1.67. The first-order chi connectivity index (χ1) is 18.9. The third-order valence-electron chi connectivity index (χ3n) is 6.58. The zero-order valence-electron chi connectivity index (χ0n) is 23.2. The summed E-state index contributed by atoms with van der Waals surface area (Å²) in [7, 11) is -4.18. The number of anilines is 1. The minimum atomic E-state index is -4.18. The Balaban J connectivity index is 2.03. The number of nitrogens with zero attached hydrogens (tertiary/aromatic N) is 2. The van der Waals surface area contributed by atoms with Crippen LogP contribution in [-0.4, -0.2) is 44.3 Å². The van der Waals surface area contributed by atoms with Gasteiger partial charge in [-0.2, -0.15) is 0 Å². The number of benzene rings is 3. The molecule has 3 aromatic rings. The average molecular weight is 588 g/mol. The number of carbonyl (C=O) groups is 2. The van der Waals surface area contributed by atoms with Crippen LogP contribution >= 0.6 is 11.6 Å². The standard InChI is InChI=1S/C30H35ClFN3O4S/c1-5-6-17-33-30(37)23(4)34(19-24-9-12-26(32)13-10-24)29(36)20-35(28-16-11-25(31)18-22(28)3)40(38,39)27-14-7-21(2)8-15-27/h7-16,18,23H,5-6,17,19-20H2,1-4H3,(H,33,37)/t23-/m0/s1. The summed E-state index contributed by atoms with van der Waals surface area (Å²) in [5.74, 6) is -1.38.